The predicted octanol–water partition coefficient (Wildman–Crippen LogP) is 0.489. The number of amides is 2. The van der Waals surface area contributed by atoms with Crippen molar-refractivity contribution in [2.45, 2.75) is 46.1 Å². The number of nitrogens with two attached hydrogens (primary N) is 1. The molecule has 0 aromatic carbocycles. The highest BCUT2D eigenvalue weighted by atomic mass is 16.2. The Hall–Kier alpha value is -1.10. The molecular formula is C13H25N3O2. The Labute approximate surface area is 109 Å². The van der Waals surface area contributed by atoms with Crippen LogP contribution >= 0.6 is 0 Å². The van der Waals surface area contributed by atoms with Gasteiger partial charge in [0.25, 0.3) is 0 Å². The summed E-state index contributed by atoms with van der Waals surface area (Å²) in [7, 11) is 0. The van der Waals surface area contributed by atoms with Gasteiger partial charge in [0.1, 0.15) is 0 Å². The Morgan fingerprint density at radius 3 is 2.72 bits per heavy atom. The highest BCUT2D eigenvalue weighted by Gasteiger charge is 2.29. The van der Waals surface area contributed by atoms with E-state index in [4.69, 9.17) is 5.73 Å². The van der Waals surface area contributed by atoms with Crippen molar-refractivity contribution in [2.75, 3.05) is 19.6 Å². The summed E-state index contributed by atoms with van der Waals surface area (Å²) >= 11 is 0. The average Bonchev–Trinajstić information content (AvgIpc) is 2.64. The Bertz CT molecular complexity index is 315. The van der Waals surface area contributed by atoms with Gasteiger partial charge in [-0.25, -0.2) is 0 Å². The highest BCUT2D eigenvalue weighted by molar-refractivity contribution is 5.82. The minimum atomic E-state index is -0.446. The van der Waals surface area contributed by atoms with Gasteiger partial charge in [0.15, 0.2) is 0 Å². The second-order valence-electron chi connectivity index (χ2n) is 5.74. The summed E-state index contributed by atoms with van der Waals surface area (Å²) in [5, 5.41) is 2.96. The Morgan fingerprint density at radius 2 is 2.22 bits per heavy atom. The third kappa shape index (κ3) is 3.98. The van der Waals surface area contributed by atoms with E-state index in [0.717, 1.165) is 13.0 Å². The van der Waals surface area contributed by atoms with Crippen LogP contribution in [0.25, 0.3) is 0 Å². The van der Waals surface area contributed by atoms with Crippen LogP contribution in [0.3, 0.4) is 0 Å². The van der Waals surface area contributed by atoms with Gasteiger partial charge in [-0.05, 0) is 26.3 Å². The van der Waals surface area contributed by atoms with Gasteiger partial charge in [-0.1, -0.05) is 13.8 Å². The van der Waals surface area contributed by atoms with E-state index in [9.17, 15) is 9.59 Å². The number of hydrogen-bond donors (Lipinski definition) is 2. The minimum absolute atomic E-state index is 0.00657. The lowest BCUT2D eigenvalue weighted by Gasteiger charge is -2.27. The van der Waals surface area contributed by atoms with Crippen molar-refractivity contribution in [2.24, 2.45) is 11.1 Å². The summed E-state index contributed by atoms with van der Waals surface area (Å²) in [5.74, 6) is 0.199. The first-order valence-electron chi connectivity index (χ1n) is 6.65. The second kappa shape index (κ2) is 6.18. The fourth-order valence-electron chi connectivity index (χ4n) is 2.17. The van der Waals surface area contributed by atoms with Crippen molar-refractivity contribution in [3.05, 3.63) is 0 Å². The molecule has 0 saturated carbocycles. The molecule has 0 aromatic heterocycles. The molecule has 1 unspecified atom stereocenters. The van der Waals surface area contributed by atoms with Gasteiger partial charge in [0.2, 0.25) is 11.8 Å². The van der Waals surface area contributed by atoms with Gasteiger partial charge in [-0.3, -0.25) is 9.59 Å². The lowest BCUT2D eigenvalue weighted by molar-refractivity contribution is -0.132. The summed E-state index contributed by atoms with van der Waals surface area (Å²) in [6, 6.07) is -0.0170. The van der Waals surface area contributed by atoms with Crippen LogP contribution in [-0.4, -0.2) is 42.4 Å². The molecule has 1 heterocycles. The van der Waals surface area contributed by atoms with Gasteiger partial charge in [-0.15, -0.1) is 0 Å². The number of likely N-dealkylation sites (tertiary alicyclic amines) is 1. The molecule has 1 saturated heterocycles. The van der Waals surface area contributed by atoms with Crippen LogP contribution in [0.2, 0.25) is 0 Å². The molecule has 5 nitrogen and oxygen atoms in total. The molecule has 1 rings (SSSR count). The van der Waals surface area contributed by atoms with E-state index in [2.05, 4.69) is 5.32 Å². The van der Waals surface area contributed by atoms with E-state index in [0.29, 0.717) is 25.9 Å². The summed E-state index contributed by atoms with van der Waals surface area (Å²) in [4.78, 5) is 25.4. The molecular weight excluding hydrogens is 230 g/mol. The maximum absolute atomic E-state index is 12.1. The summed E-state index contributed by atoms with van der Waals surface area (Å²) in [6.07, 6.45) is 2.23. The molecule has 18 heavy (non-hydrogen) atoms. The molecule has 1 aliphatic heterocycles. The van der Waals surface area contributed by atoms with Gasteiger partial charge in [-0.2, -0.15) is 0 Å². The van der Waals surface area contributed by atoms with Crippen LogP contribution in [0, 0.1) is 5.41 Å². The molecule has 0 bridgehead atoms. The SMILES string of the molecule is CC(CN1CCCC1=O)NC(=O)C(C)(C)CCN. The van der Waals surface area contributed by atoms with E-state index in [-0.39, 0.29) is 17.9 Å². The Balaban J connectivity index is 2.42. The van der Waals surface area contributed by atoms with Crippen molar-refractivity contribution in [3.8, 4) is 0 Å². The van der Waals surface area contributed by atoms with Crippen LogP contribution < -0.4 is 11.1 Å². The largest absolute Gasteiger partial charge is 0.351 e. The third-order valence-corrected chi connectivity index (χ3v) is 3.43. The quantitative estimate of drug-likeness (QED) is 0.725. The van der Waals surface area contributed by atoms with Crippen LogP contribution in [0.1, 0.15) is 40.0 Å². The van der Waals surface area contributed by atoms with Gasteiger partial charge in [0, 0.05) is 31.0 Å². The number of carbonyl (C=O) groups is 2. The van der Waals surface area contributed by atoms with Gasteiger partial charge < -0.3 is 16.0 Å². The first-order chi connectivity index (χ1) is 8.36. The summed E-state index contributed by atoms with van der Waals surface area (Å²) < 4.78 is 0. The fraction of sp³-hybridized carbons (Fsp3) is 0.846. The predicted molar refractivity (Wildman–Crippen MR) is 70.9 cm³/mol. The van der Waals surface area contributed by atoms with Crippen molar-refractivity contribution < 1.29 is 9.59 Å². The molecule has 0 radical (unpaired) electrons. The monoisotopic (exact) mass is 255 g/mol. The summed E-state index contributed by atoms with van der Waals surface area (Å²) in [5.41, 5.74) is 5.05. The zero-order valence-corrected chi connectivity index (χ0v) is 11.7. The van der Waals surface area contributed by atoms with Crippen molar-refractivity contribution in [1.29, 1.82) is 0 Å². The fourth-order valence-corrected chi connectivity index (χ4v) is 2.17. The van der Waals surface area contributed by atoms with Crippen LogP contribution in [0.4, 0.5) is 0 Å². The number of nitrogens with zero attached hydrogens (tertiary/aromatic N) is 1. The molecule has 5 heteroatoms. The smallest absolute Gasteiger partial charge is 0.225 e. The molecule has 2 amide bonds. The number of rotatable bonds is 6. The van der Waals surface area contributed by atoms with Gasteiger partial charge in [0.05, 0.1) is 0 Å². The van der Waals surface area contributed by atoms with E-state index < -0.39 is 5.41 Å². The first-order valence-corrected chi connectivity index (χ1v) is 6.65. The van der Waals surface area contributed by atoms with Crippen molar-refractivity contribution in [1.82, 2.24) is 10.2 Å². The highest BCUT2D eigenvalue weighted by Crippen LogP contribution is 2.19. The third-order valence-electron chi connectivity index (χ3n) is 3.43. The molecule has 1 aliphatic rings. The molecule has 3 N–H and O–H groups in total. The molecule has 0 aliphatic carbocycles. The lowest BCUT2D eigenvalue weighted by atomic mass is 9.88. The second-order valence-corrected chi connectivity index (χ2v) is 5.74. The van der Waals surface area contributed by atoms with Crippen LogP contribution in [0.15, 0.2) is 0 Å². The summed E-state index contributed by atoms with van der Waals surface area (Å²) in [6.45, 7) is 7.63. The average molecular weight is 255 g/mol. The number of hydrogen-bond acceptors (Lipinski definition) is 3. The first kappa shape index (κ1) is 15.0. The van der Waals surface area contributed by atoms with E-state index in [1.54, 1.807) is 0 Å². The standard InChI is InChI=1S/C13H25N3O2/c1-10(9-16-8-4-5-11(16)17)15-12(18)13(2,3)6-7-14/h10H,4-9,14H2,1-3H3,(H,15,18). The van der Waals surface area contributed by atoms with Gasteiger partial charge >= 0.3 is 0 Å². The zero-order chi connectivity index (χ0) is 13.8. The Morgan fingerprint density at radius 1 is 1.56 bits per heavy atom. The zero-order valence-electron chi connectivity index (χ0n) is 11.7. The molecule has 0 spiro atoms. The lowest BCUT2D eigenvalue weighted by Crippen LogP contribution is -2.47. The molecule has 104 valence electrons. The van der Waals surface area contributed by atoms with Crippen molar-refractivity contribution >= 4 is 11.8 Å². The molecule has 1 fully saturated rings. The molecule has 1 atom stereocenters. The van der Waals surface area contributed by atoms with E-state index >= 15 is 0 Å². The van der Waals surface area contributed by atoms with E-state index in [1.165, 1.54) is 0 Å². The minimum Gasteiger partial charge on any atom is -0.351 e. The maximum atomic E-state index is 12.1. The normalized spacial score (nSPS) is 18.0. The molecule has 0 aromatic rings. The number of nitrogens with one attached hydrogen (secondary N) is 1. The van der Waals surface area contributed by atoms with Crippen molar-refractivity contribution in [3.63, 3.8) is 0 Å². The van der Waals surface area contributed by atoms with Crippen LogP contribution in [-0.2, 0) is 9.59 Å². The Kier molecular flexibility index (Phi) is 5.14. The number of carbonyl (C=O) groups excluding carboxylic acids is 2. The maximum Gasteiger partial charge on any atom is 0.225 e. The van der Waals surface area contributed by atoms with Crippen LogP contribution in [0.5, 0.6) is 0 Å². The topological polar surface area (TPSA) is 75.4 Å². The van der Waals surface area contributed by atoms with E-state index in [1.807, 2.05) is 25.7 Å².